The van der Waals surface area contributed by atoms with E-state index in [0.29, 0.717) is 0 Å². The Morgan fingerprint density at radius 1 is 1.33 bits per heavy atom. The summed E-state index contributed by atoms with van der Waals surface area (Å²) in [6.45, 7) is 5.16. The molecule has 1 atom stereocenters. The summed E-state index contributed by atoms with van der Waals surface area (Å²) in [7, 11) is 1.78. The number of aliphatic carboxylic acids is 1. The lowest BCUT2D eigenvalue weighted by Crippen LogP contribution is -2.44. The number of amides is 1. The maximum Gasteiger partial charge on any atom is 0.408 e. The summed E-state index contributed by atoms with van der Waals surface area (Å²) in [6.07, 6.45) is -0.552. The molecule has 1 aromatic carbocycles. The van der Waals surface area contributed by atoms with E-state index in [1.807, 2.05) is 24.3 Å². The molecular formula is C15H22N2O4. The highest BCUT2D eigenvalue weighted by Crippen LogP contribution is 2.12. The van der Waals surface area contributed by atoms with Crippen LogP contribution in [0.3, 0.4) is 0 Å². The fourth-order valence-electron chi connectivity index (χ4n) is 1.74. The third kappa shape index (κ3) is 6.16. The van der Waals surface area contributed by atoms with Crippen LogP contribution in [0.1, 0.15) is 26.3 Å². The molecular weight excluding hydrogens is 272 g/mol. The fourth-order valence-corrected chi connectivity index (χ4v) is 1.74. The molecule has 0 radical (unpaired) electrons. The molecule has 1 rings (SSSR count). The normalized spacial score (nSPS) is 12.4. The highest BCUT2D eigenvalue weighted by atomic mass is 16.6. The molecule has 1 unspecified atom stereocenters. The van der Waals surface area contributed by atoms with Crippen LogP contribution in [0.15, 0.2) is 24.3 Å². The Bertz CT molecular complexity index is 509. The summed E-state index contributed by atoms with van der Waals surface area (Å²) in [5, 5.41) is 14.6. The van der Waals surface area contributed by atoms with Crippen LogP contribution in [0.2, 0.25) is 0 Å². The SMILES string of the molecule is CNc1cccc(CC(NC(=O)OC(C)(C)C)C(=O)O)c1. The van der Waals surface area contributed by atoms with Crippen LogP contribution >= 0.6 is 0 Å². The molecule has 0 aromatic heterocycles. The molecule has 1 amide bonds. The molecule has 0 heterocycles. The van der Waals surface area contributed by atoms with Gasteiger partial charge in [-0.25, -0.2) is 9.59 Å². The van der Waals surface area contributed by atoms with Gasteiger partial charge in [0, 0.05) is 19.2 Å². The van der Waals surface area contributed by atoms with Crippen molar-refractivity contribution in [3.05, 3.63) is 29.8 Å². The van der Waals surface area contributed by atoms with Crippen molar-refractivity contribution >= 4 is 17.7 Å². The first kappa shape index (κ1) is 16.8. The number of carboxylic acid groups (broad SMARTS) is 1. The molecule has 0 aliphatic carbocycles. The van der Waals surface area contributed by atoms with Gasteiger partial charge in [0.05, 0.1) is 0 Å². The predicted molar refractivity (Wildman–Crippen MR) is 80.5 cm³/mol. The van der Waals surface area contributed by atoms with E-state index >= 15 is 0 Å². The lowest BCUT2D eigenvalue weighted by atomic mass is 10.1. The highest BCUT2D eigenvalue weighted by Gasteiger charge is 2.24. The highest BCUT2D eigenvalue weighted by molar-refractivity contribution is 5.80. The monoisotopic (exact) mass is 294 g/mol. The summed E-state index contributed by atoms with van der Waals surface area (Å²) in [4.78, 5) is 23.0. The standard InChI is InChI=1S/C15H22N2O4/c1-15(2,3)21-14(20)17-12(13(18)19)9-10-6-5-7-11(8-10)16-4/h5-8,12,16H,9H2,1-4H3,(H,17,20)(H,18,19). The summed E-state index contributed by atoms with van der Waals surface area (Å²) < 4.78 is 5.08. The molecule has 21 heavy (non-hydrogen) atoms. The van der Waals surface area contributed by atoms with Crippen molar-refractivity contribution in [3.63, 3.8) is 0 Å². The fraction of sp³-hybridized carbons (Fsp3) is 0.467. The van der Waals surface area contributed by atoms with E-state index in [9.17, 15) is 14.7 Å². The molecule has 1 aromatic rings. The van der Waals surface area contributed by atoms with Crippen molar-refractivity contribution in [2.24, 2.45) is 0 Å². The number of ether oxygens (including phenoxy) is 1. The van der Waals surface area contributed by atoms with Crippen LogP contribution in [-0.4, -0.2) is 35.9 Å². The third-order valence-electron chi connectivity index (χ3n) is 2.64. The van der Waals surface area contributed by atoms with Gasteiger partial charge in [-0.05, 0) is 38.5 Å². The number of anilines is 1. The summed E-state index contributed by atoms with van der Waals surface area (Å²) in [6, 6.07) is 6.32. The minimum absolute atomic E-state index is 0.185. The maximum atomic E-state index is 11.7. The number of carbonyl (C=O) groups excluding carboxylic acids is 1. The Kier molecular flexibility index (Phi) is 5.58. The lowest BCUT2D eigenvalue weighted by Gasteiger charge is -2.22. The van der Waals surface area contributed by atoms with Crippen molar-refractivity contribution in [1.82, 2.24) is 5.32 Å². The zero-order valence-corrected chi connectivity index (χ0v) is 12.8. The van der Waals surface area contributed by atoms with Crippen LogP contribution in [0.4, 0.5) is 10.5 Å². The summed E-state index contributed by atoms with van der Waals surface area (Å²) in [5.74, 6) is -1.10. The predicted octanol–water partition coefficient (Wildman–Crippen LogP) is 2.25. The average Bonchev–Trinajstić information content (AvgIpc) is 2.36. The first-order chi connectivity index (χ1) is 9.71. The zero-order chi connectivity index (χ0) is 16.0. The molecule has 0 bridgehead atoms. The van der Waals surface area contributed by atoms with Crippen LogP contribution in [0.5, 0.6) is 0 Å². The molecule has 6 heteroatoms. The lowest BCUT2D eigenvalue weighted by molar-refractivity contribution is -0.139. The van der Waals surface area contributed by atoms with E-state index in [4.69, 9.17) is 4.74 Å². The molecule has 6 nitrogen and oxygen atoms in total. The van der Waals surface area contributed by atoms with E-state index in [0.717, 1.165) is 11.3 Å². The third-order valence-corrected chi connectivity index (χ3v) is 2.64. The second-order valence-electron chi connectivity index (χ2n) is 5.69. The van der Waals surface area contributed by atoms with Crippen molar-refractivity contribution in [1.29, 1.82) is 0 Å². The molecule has 0 aliphatic rings. The van der Waals surface area contributed by atoms with Gasteiger partial charge in [-0.3, -0.25) is 0 Å². The van der Waals surface area contributed by atoms with Crippen molar-refractivity contribution in [2.45, 2.75) is 38.8 Å². The minimum atomic E-state index is -1.10. The van der Waals surface area contributed by atoms with Gasteiger partial charge < -0.3 is 20.5 Å². The van der Waals surface area contributed by atoms with Crippen molar-refractivity contribution in [3.8, 4) is 0 Å². The van der Waals surface area contributed by atoms with Gasteiger partial charge in [-0.15, -0.1) is 0 Å². The second kappa shape index (κ2) is 6.97. The smallest absolute Gasteiger partial charge is 0.408 e. The number of alkyl carbamates (subject to hydrolysis) is 1. The van der Waals surface area contributed by atoms with Crippen LogP contribution in [0, 0.1) is 0 Å². The molecule has 0 fully saturated rings. The largest absolute Gasteiger partial charge is 0.480 e. The van der Waals surface area contributed by atoms with Gasteiger partial charge in [0.15, 0.2) is 0 Å². The number of rotatable bonds is 5. The zero-order valence-electron chi connectivity index (χ0n) is 12.8. The van der Waals surface area contributed by atoms with Crippen molar-refractivity contribution < 1.29 is 19.4 Å². The number of nitrogens with one attached hydrogen (secondary N) is 2. The van der Waals surface area contributed by atoms with Crippen LogP contribution in [0.25, 0.3) is 0 Å². The molecule has 0 saturated heterocycles. The number of benzene rings is 1. The Labute approximate surface area is 124 Å². The van der Waals surface area contributed by atoms with Crippen molar-refractivity contribution in [2.75, 3.05) is 12.4 Å². The number of hydrogen-bond donors (Lipinski definition) is 3. The van der Waals surface area contributed by atoms with E-state index in [-0.39, 0.29) is 6.42 Å². The van der Waals surface area contributed by atoms with Crippen LogP contribution in [-0.2, 0) is 16.0 Å². The Hall–Kier alpha value is -2.24. The number of hydrogen-bond acceptors (Lipinski definition) is 4. The van der Waals surface area contributed by atoms with Gasteiger partial charge >= 0.3 is 12.1 Å². The first-order valence-electron chi connectivity index (χ1n) is 6.70. The maximum absolute atomic E-state index is 11.7. The Morgan fingerprint density at radius 2 is 2.00 bits per heavy atom. The van der Waals surface area contributed by atoms with Gasteiger partial charge in [0.25, 0.3) is 0 Å². The number of carbonyl (C=O) groups is 2. The first-order valence-corrected chi connectivity index (χ1v) is 6.70. The van der Waals surface area contributed by atoms with Gasteiger partial charge in [-0.1, -0.05) is 12.1 Å². The van der Waals surface area contributed by atoms with Gasteiger partial charge in [-0.2, -0.15) is 0 Å². The molecule has 116 valence electrons. The van der Waals surface area contributed by atoms with E-state index in [1.165, 1.54) is 0 Å². The quantitative estimate of drug-likeness (QED) is 0.775. The molecule has 0 spiro atoms. The molecule has 3 N–H and O–H groups in total. The minimum Gasteiger partial charge on any atom is -0.480 e. The number of carboxylic acids is 1. The Morgan fingerprint density at radius 3 is 2.52 bits per heavy atom. The topological polar surface area (TPSA) is 87.7 Å². The Balaban J connectivity index is 2.74. The van der Waals surface area contributed by atoms with E-state index in [2.05, 4.69) is 10.6 Å². The van der Waals surface area contributed by atoms with Gasteiger partial charge in [0.2, 0.25) is 0 Å². The molecule has 0 saturated carbocycles. The van der Waals surface area contributed by atoms with Crippen LogP contribution < -0.4 is 10.6 Å². The summed E-state index contributed by atoms with van der Waals surface area (Å²) in [5.41, 5.74) is 1.03. The summed E-state index contributed by atoms with van der Waals surface area (Å²) >= 11 is 0. The average molecular weight is 294 g/mol. The van der Waals surface area contributed by atoms with E-state index in [1.54, 1.807) is 27.8 Å². The van der Waals surface area contributed by atoms with E-state index < -0.39 is 23.7 Å². The second-order valence-corrected chi connectivity index (χ2v) is 5.69. The molecule has 0 aliphatic heterocycles. The van der Waals surface area contributed by atoms with Gasteiger partial charge in [0.1, 0.15) is 11.6 Å².